The van der Waals surface area contributed by atoms with Crippen molar-refractivity contribution in [3.63, 3.8) is 0 Å². The minimum absolute atomic E-state index is 0.0667. The maximum Gasteiger partial charge on any atom is 0.363 e. The minimum atomic E-state index is -0.716. The normalized spacial score (nSPS) is 14.1. The van der Waals surface area contributed by atoms with Crippen molar-refractivity contribution in [2.45, 2.75) is 6.92 Å². The summed E-state index contributed by atoms with van der Waals surface area (Å²) in [5.74, 6) is -0.779. The summed E-state index contributed by atoms with van der Waals surface area (Å²) in [6.07, 6.45) is 1.57. The molecule has 1 heterocycles. The fourth-order valence-electron chi connectivity index (χ4n) is 2.93. The fourth-order valence-corrected chi connectivity index (χ4v) is 2.93. The third kappa shape index (κ3) is 4.59. The van der Waals surface area contributed by atoms with Gasteiger partial charge in [-0.25, -0.2) is 14.6 Å². The lowest BCUT2D eigenvalue weighted by Gasteiger charge is -2.04. The van der Waals surface area contributed by atoms with Crippen LogP contribution in [-0.2, 0) is 9.53 Å². The molecule has 0 aromatic heterocycles. The highest BCUT2D eigenvalue weighted by atomic mass is 16.6. The number of esters is 2. The van der Waals surface area contributed by atoms with Gasteiger partial charge in [-0.3, -0.25) is 10.1 Å². The summed E-state index contributed by atoms with van der Waals surface area (Å²) in [6.45, 7) is 1.96. The van der Waals surface area contributed by atoms with Crippen molar-refractivity contribution >= 4 is 29.6 Å². The fraction of sp³-hybridized carbons (Fsp3) is 0.0417. The van der Waals surface area contributed by atoms with Crippen molar-refractivity contribution in [3.8, 4) is 5.75 Å². The molecule has 8 nitrogen and oxygen atoms in total. The monoisotopic (exact) mass is 428 g/mol. The summed E-state index contributed by atoms with van der Waals surface area (Å²) in [5.41, 5.74) is 2.46. The number of carbonyl (C=O) groups excluding carboxylic acids is 2. The van der Waals surface area contributed by atoms with Crippen molar-refractivity contribution in [1.29, 1.82) is 0 Å². The second-order valence-corrected chi connectivity index (χ2v) is 6.97. The Morgan fingerprint density at radius 2 is 1.78 bits per heavy atom. The molecule has 1 aliphatic heterocycles. The summed E-state index contributed by atoms with van der Waals surface area (Å²) in [7, 11) is 0. The van der Waals surface area contributed by atoms with Gasteiger partial charge in [0.2, 0.25) is 5.90 Å². The number of hydrogen-bond acceptors (Lipinski definition) is 7. The molecule has 0 spiro atoms. The smallest absolute Gasteiger partial charge is 0.363 e. The molecular formula is C24H16N2O6. The molecule has 0 bridgehead atoms. The lowest BCUT2D eigenvalue weighted by atomic mass is 10.1. The van der Waals surface area contributed by atoms with Crippen LogP contribution in [0.1, 0.15) is 27.0 Å². The molecule has 0 saturated carbocycles. The Balaban J connectivity index is 1.48. The van der Waals surface area contributed by atoms with Gasteiger partial charge in [0.15, 0.2) is 5.70 Å². The van der Waals surface area contributed by atoms with Crippen LogP contribution in [0.3, 0.4) is 0 Å². The van der Waals surface area contributed by atoms with Crippen molar-refractivity contribution in [2.75, 3.05) is 0 Å². The van der Waals surface area contributed by atoms with E-state index in [0.717, 1.165) is 11.6 Å². The molecule has 8 heteroatoms. The predicted molar refractivity (Wildman–Crippen MR) is 116 cm³/mol. The quantitative estimate of drug-likeness (QED) is 0.195. The topological polar surface area (TPSA) is 108 Å². The Morgan fingerprint density at radius 1 is 1.06 bits per heavy atom. The van der Waals surface area contributed by atoms with Gasteiger partial charge in [0, 0.05) is 17.7 Å². The summed E-state index contributed by atoms with van der Waals surface area (Å²) >= 11 is 0. The zero-order valence-corrected chi connectivity index (χ0v) is 16.8. The Hall–Kier alpha value is -4.59. The average Bonchev–Trinajstić information content (AvgIpc) is 3.15. The van der Waals surface area contributed by atoms with E-state index in [0.29, 0.717) is 11.1 Å². The van der Waals surface area contributed by atoms with E-state index in [-0.39, 0.29) is 28.6 Å². The third-order valence-electron chi connectivity index (χ3n) is 4.61. The summed E-state index contributed by atoms with van der Waals surface area (Å²) < 4.78 is 10.5. The van der Waals surface area contributed by atoms with E-state index >= 15 is 0 Å². The molecule has 0 amide bonds. The van der Waals surface area contributed by atoms with Crippen molar-refractivity contribution in [1.82, 2.24) is 0 Å². The van der Waals surface area contributed by atoms with Crippen molar-refractivity contribution in [2.24, 2.45) is 4.99 Å². The molecule has 158 valence electrons. The van der Waals surface area contributed by atoms with Crippen LogP contribution in [0.15, 0.2) is 83.5 Å². The summed E-state index contributed by atoms with van der Waals surface area (Å²) in [4.78, 5) is 38.9. The van der Waals surface area contributed by atoms with Gasteiger partial charge < -0.3 is 9.47 Å². The minimum Gasteiger partial charge on any atom is -0.423 e. The second-order valence-electron chi connectivity index (χ2n) is 6.97. The number of aliphatic imine (C=N–C) groups is 1. The molecule has 3 aromatic rings. The number of non-ortho nitro benzene ring substituents is 1. The molecule has 0 fully saturated rings. The molecule has 0 atom stereocenters. The Morgan fingerprint density at radius 3 is 2.47 bits per heavy atom. The number of aryl methyl sites for hydroxylation is 1. The van der Waals surface area contributed by atoms with Crippen LogP contribution in [0.2, 0.25) is 0 Å². The van der Waals surface area contributed by atoms with E-state index in [1.165, 1.54) is 18.2 Å². The average molecular weight is 428 g/mol. The Labute approximate surface area is 182 Å². The number of carbonyl (C=O) groups is 2. The standard InChI is InChI=1S/C24H16N2O6/c1-15-5-9-17(10-6-15)22-25-21(24(28)32-22)13-16-7-11-20(12-8-16)31-23(27)18-3-2-4-19(14-18)26(29)30/h2-14H,1H3/b21-13-. The number of nitro groups is 1. The lowest BCUT2D eigenvalue weighted by molar-refractivity contribution is -0.384. The highest BCUT2D eigenvalue weighted by molar-refractivity contribution is 6.12. The number of nitrogens with zero attached hydrogens (tertiary/aromatic N) is 2. The highest BCUT2D eigenvalue weighted by Crippen LogP contribution is 2.22. The first kappa shape index (κ1) is 20.7. The van der Waals surface area contributed by atoms with Gasteiger partial charge in [-0.2, -0.15) is 0 Å². The third-order valence-corrected chi connectivity index (χ3v) is 4.61. The molecule has 0 aliphatic carbocycles. The molecule has 1 aliphatic rings. The van der Waals surface area contributed by atoms with Crippen LogP contribution in [0.5, 0.6) is 5.75 Å². The summed E-state index contributed by atoms with van der Waals surface area (Å²) in [6, 6.07) is 19.1. The van der Waals surface area contributed by atoms with Crippen LogP contribution in [0.25, 0.3) is 6.08 Å². The molecule has 4 rings (SSSR count). The van der Waals surface area contributed by atoms with Gasteiger partial charge in [-0.05, 0) is 48.9 Å². The Kier molecular flexibility index (Phi) is 5.59. The van der Waals surface area contributed by atoms with Crippen LogP contribution in [0, 0.1) is 17.0 Å². The molecular weight excluding hydrogens is 412 g/mol. The molecule has 0 radical (unpaired) electrons. The SMILES string of the molecule is Cc1ccc(C2=N/C(=C\c3ccc(OC(=O)c4cccc([N+](=O)[O-])c4)cc3)C(=O)O2)cc1. The van der Waals surface area contributed by atoms with E-state index < -0.39 is 16.9 Å². The maximum absolute atomic E-state index is 12.3. The Bertz CT molecular complexity index is 1270. The molecule has 3 aromatic carbocycles. The number of benzene rings is 3. The number of hydrogen-bond donors (Lipinski definition) is 0. The number of ether oxygens (including phenoxy) is 2. The van der Waals surface area contributed by atoms with Crippen LogP contribution >= 0.6 is 0 Å². The van der Waals surface area contributed by atoms with Gasteiger partial charge in [-0.15, -0.1) is 0 Å². The molecule has 0 N–H and O–H groups in total. The molecule has 0 saturated heterocycles. The number of cyclic esters (lactones) is 1. The van der Waals surface area contributed by atoms with Gasteiger partial charge >= 0.3 is 11.9 Å². The first-order chi connectivity index (χ1) is 15.4. The number of nitro benzene ring substituents is 1. The predicted octanol–water partition coefficient (Wildman–Crippen LogP) is 4.47. The second kappa shape index (κ2) is 8.65. The zero-order chi connectivity index (χ0) is 22.7. The van der Waals surface area contributed by atoms with Crippen LogP contribution < -0.4 is 4.74 Å². The van der Waals surface area contributed by atoms with E-state index in [1.54, 1.807) is 30.3 Å². The first-order valence-corrected chi connectivity index (χ1v) is 9.55. The lowest BCUT2D eigenvalue weighted by Crippen LogP contribution is -2.08. The molecule has 32 heavy (non-hydrogen) atoms. The van der Waals surface area contributed by atoms with E-state index in [9.17, 15) is 19.7 Å². The molecule has 0 unspecified atom stereocenters. The first-order valence-electron chi connectivity index (χ1n) is 9.55. The van der Waals surface area contributed by atoms with Gasteiger partial charge in [-0.1, -0.05) is 35.9 Å². The van der Waals surface area contributed by atoms with E-state index in [1.807, 2.05) is 31.2 Å². The van der Waals surface area contributed by atoms with Crippen molar-refractivity contribution < 1.29 is 24.0 Å². The van der Waals surface area contributed by atoms with E-state index in [4.69, 9.17) is 9.47 Å². The van der Waals surface area contributed by atoms with Crippen molar-refractivity contribution in [3.05, 3.63) is 111 Å². The zero-order valence-electron chi connectivity index (χ0n) is 16.8. The van der Waals surface area contributed by atoms with Gasteiger partial charge in [0.25, 0.3) is 5.69 Å². The largest absolute Gasteiger partial charge is 0.423 e. The maximum atomic E-state index is 12.3. The van der Waals surface area contributed by atoms with E-state index in [2.05, 4.69) is 4.99 Å². The van der Waals surface area contributed by atoms with Gasteiger partial charge in [0.05, 0.1) is 10.5 Å². The van der Waals surface area contributed by atoms with Gasteiger partial charge in [0.1, 0.15) is 5.75 Å². The summed E-state index contributed by atoms with van der Waals surface area (Å²) in [5, 5.41) is 10.9. The van der Waals surface area contributed by atoms with Crippen LogP contribution in [-0.4, -0.2) is 22.8 Å². The van der Waals surface area contributed by atoms with Crippen LogP contribution in [0.4, 0.5) is 5.69 Å². The number of rotatable bonds is 5. The highest BCUT2D eigenvalue weighted by Gasteiger charge is 2.24.